The lowest BCUT2D eigenvalue weighted by Crippen LogP contribution is -2.16. The van der Waals surface area contributed by atoms with Crippen LogP contribution >= 0.6 is 0 Å². The molecule has 2 nitrogen and oxygen atoms in total. The summed E-state index contributed by atoms with van der Waals surface area (Å²) in [5.74, 6) is 0. The van der Waals surface area contributed by atoms with Crippen LogP contribution < -0.4 is 5.32 Å². The molecular formula is C11H16N2. The number of hydrogen-bond donors (Lipinski definition) is 1. The fraction of sp³-hybridized carbons (Fsp3) is 0.545. The highest BCUT2D eigenvalue weighted by Gasteiger charge is 2.28. The van der Waals surface area contributed by atoms with Crippen LogP contribution in [0.1, 0.15) is 50.0 Å². The first-order chi connectivity index (χ1) is 6.36. The minimum Gasteiger partial charge on any atom is -0.302 e. The van der Waals surface area contributed by atoms with Crippen LogP contribution in [0.4, 0.5) is 0 Å². The van der Waals surface area contributed by atoms with E-state index in [4.69, 9.17) is 0 Å². The second kappa shape index (κ2) is 3.46. The lowest BCUT2D eigenvalue weighted by Gasteiger charge is -2.10. The molecule has 70 valence electrons. The number of nitrogens with one attached hydrogen (secondary N) is 1. The lowest BCUT2D eigenvalue weighted by molar-refractivity contribution is 0.473. The Hall–Kier alpha value is -0.890. The largest absolute Gasteiger partial charge is 0.302 e. The monoisotopic (exact) mass is 176 g/mol. The summed E-state index contributed by atoms with van der Waals surface area (Å²) in [5, 5.41) is 3.59. The second-order valence-electron chi connectivity index (χ2n) is 3.57. The van der Waals surface area contributed by atoms with Crippen molar-refractivity contribution in [1.82, 2.24) is 10.3 Å². The Bertz CT molecular complexity index is 267. The third-order valence-corrected chi connectivity index (χ3v) is 2.80. The minimum absolute atomic E-state index is 0.473. The van der Waals surface area contributed by atoms with Crippen LogP contribution in [0.3, 0.4) is 0 Å². The molecule has 2 atom stereocenters. The maximum absolute atomic E-state index is 4.45. The van der Waals surface area contributed by atoms with E-state index >= 15 is 0 Å². The molecule has 0 aliphatic carbocycles. The van der Waals surface area contributed by atoms with E-state index in [9.17, 15) is 0 Å². The van der Waals surface area contributed by atoms with Crippen molar-refractivity contribution in [3.63, 3.8) is 0 Å². The van der Waals surface area contributed by atoms with Gasteiger partial charge in [0.2, 0.25) is 0 Å². The van der Waals surface area contributed by atoms with Crippen LogP contribution in [0.2, 0.25) is 0 Å². The molecule has 2 rings (SSSR count). The Morgan fingerprint density at radius 3 is 2.77 bits per heavy atom. The Labute approximate surface area is 79.4 Å². The Morgan fingerprint density at radius 2 is 2.08 bits per heavy atom. The van der Waals surface area contributed by atoms with E-state index in [1.165, 1.54) is 11.3 Å². The molecule has 2 heterocycles. The van der Waals surface area contributed by atoms with Crippen molar-refractivity contribution in [2.24, 2.45) is 0 Å². The maximum Gasteiger partial charge on any atom is 0.0620 e. The molecule has 0 fully saturated rings. The quantitative estimate of drug-likeness (QED) is 0.749. The molecule has 2 unspecified atom stereocenters. The van der Waals surface area contributed by atoms with Crippen molar-refractivity contribution in [2.75, 3.05) is 0 Å². The highest BCUT2D eigenvalue weighted by molar-refractivity contribution is 5.31. The SMILES string of the molecule is CCC1NC(CC)c2ncccc21. The predicted molar refractivity (Wildman–Crippen MR) is 53.4 cm³/mol. The van der Waals surface area contributed by atoms with Crippen molar-refractivity contribution in [3.05, 3.63) is 29.6 Å². The standard InChI is InChI=1S/C11H16N2/c1-3-9-8-6-5-7-12-11(8)10(4-2)13-9/h5-7,9-10,13H,3-4H2,1-2H3. The van der Waals surface area contributed by atoms with E-state index in [-0.39, 0.29) is 0 Å². The van der Waals surface area contributed by atoms with E-state index in [0.29, 0.717) is 12.1 Å². The number of hydrogen-bond acceptors (Lipinski definition) is 2. The summed E-state index contributed by atoms with van der Waals surface area (Å²) in [5.41, 5.74) is 2.66. The topological polar surface area (TPSA) is 24.9 Å². The molecule has 0 amide bonds. The zero-order valence-corrected chi connectivity index (χ0v) is 8.25. The molecule has 1 aliphatic heterocycles. The van der Waals surface area contributed by atoms with Crippen LogP contribution in [0.25, 0.3) is 0 Å². The van der Waals surface area contributed by atoms with Crippen molar-refractivity contribution in [2.45, 2.75) is 38.8 Å². The van der Waals surface area contributed by atoms with Crippen LogP contribution in [0, 0.1) is 0 Å². The first kappa shape index (κ1) is 8.70. The normalized spacial score (nSPS) is 26.0. The minimum atomic E-state index is 0.473. The second-order valence-corrected chi connectivity index (χ2v) is 3.57. The van der Waals surface area contributed by atoms with E-state index in [1.54, 1.807) is 0 Å². The molecule has 2 heteroatoms. The van der Waals surface area contributed by atoms with E-state index in [0.717, 1.165) is 12.8 Å². The van der Waals surface area contributed by atoms with Gasteiger partial charge in [-0.3, -0.25) is 4.98 Å². The Kier molecular flexibility index (Phi) is 2.32. The maximum atomic E-state index is 4.45. The predicted octanol–water partition coefficient (Wildman–Crippen LogP) is 2.59. The summed E-state index contributed by atoms with van der Waals surface area (Å²) in [7, 11) is 0. The van der Waals surface area contributed by atoms with Gasteiger partial charge in [-0.2, -0.15) is 0 Å². The molecule has 1 aromatic rings. The zero-order chi connectivity index (χ0) is 9.26. The highest BCUT2D eigenvalue weighted by Crippen LogP contribution is 2.34. The average Bonchev–Trinajstić information content (AvgIpc) is 2.56. The molecule has 0 bridgehead atoms. The summed E-state index contributed by atoms with van der Waals surface area (Å²) >= 11 is 0. The molecule has 0 radical (unpaired) electrons. The summed E-state index contributed by atoms with van der Waals surface area (Å²) in [6.07, 6.45) is 4.16. The third kappa shape index (κ3) is 1.35. The van der Waals surface area contributed by atoms with Crippen LogP contribution in [0.15, 0.2) is 18.3 Å². The van der Waals surface area contributed by atoms with Gasteiger partial charge in [-0.15, -0.1) is 0 Å². The van der Waals surface area contributed by atoms with Gasteiger partial charge in [0, 0.05) is 12.2 Å². The molecule has 0 aromatic carbocycles. The average molecular weight is 176 g/mol. The Morgan fingerprint density at radius 1 is 1.31 bits per heavy atom. The van der Waals surface area contributed by atoms with Gasteiger partial charge in [0.15, 0.2) is 0 Å². The van der Waals surface area contributed by atoms with Gasteiger partial charge in [0.05, 0.1) is 11.7 Å². The van der Waals surface area contributed by atoms with Gasteiger partial charge >= 0.3 is 0 Å². The molecule has 1 aromatic heterocycles. The highest BCUT2D eigenvalue weighted by atomic mass is 15.0. The summed E-state index contributed by atoms with van der Waals surface area (Å²) in [6, 6.07) is 5.22. The van der Waals surface area contributed by atoms with Gasteiger partial charge in [-0.05, 0) is 24.5 Å². The summed E-state index contributed by atoms with van der Waals surface area (Å²) in [4.78, 5) is 4.45. The van der Waals surface area contributed by atoms with Crippen molar-refractivity contribution >= 4 is 0 Å². The molecule has 1 N–H and O–H groups in total. The fourth-order valence-electron chi connectivity index (χ4n) is 2.08. The molecule has 0 spiro atoms. The molecule has 0 saturated carbocycles. The smallest absolute Gasteiger partial charge is 0.0620 e. The van der Waals surface area contributed by atoms with Gasteiger partial charge in [-0.1, -0.05) is 19.9 Å². The van der Waals surface area contributed by atoms with Crippen molar-refractivity contribution in [1.29, 1.82) is 0 Å². The number of nitrogens with zero attached hydrogens (tertiary/aromatic N) is 1. The van der Waals surface area contributed by atoms with E-state index < -0.39 is 0 Å². The summed E-state index contributed by atoms with van der Waals surface area (Å²) in [6.45, 7) is 4.42. The Balaban J connectivity index is 2.38. The number of aromatic nitrogens is 1. The molecule has 0 saturated heterocycles. The zero-order valence-electron chi connectivity index (χ0n) is 8.25. The number of fused-ring (bicyclic) bond motifs is 1. The van der Waals surface area contributed by atoms with Crippen molar-refractivity contribution < 1.29 is 0 Å². The van der Waals surface area contributed by atoms with E-state index in [1.807, 2.05) is 12.3 Å². The van der Waals surface area contributed by atoms with E-state index in [2.05, 4.69) is 30.2 Å². The number of rotatable bonds is 2. The third-order valence-electron chi connectivity index (χ3n) is 2.80. The summed E-state index contributed by atoms with van der Waals surface area (Å²) < 4.78 is 0. The molecular weight excluding hydrogens is 160 g/mol. The van der Waals surface area contributed by atoms with Crippen LogP contribution in [-0.4, -0.2) is 4.98 Å². The van der Waals surface area contributed by atoms with Gasteiger partial charge in [-0.25, -0.2) is 0 Å². The van der Waals surface area contributed by atoms with Crippen LogP contribution in [0.5, 0.6) is 0 Å². The van der Waals surface area contributed by atoms with Crippen molar-refractivity contribution in [3.8, 4) is 0 Å². The van der Waals surface area contributed by atoms with Crippen LogP contribution in [-0.2, 0) is 0 Å². The molecule has 13 heavy (non-hydrogen) atoms. The molecule has 1 aliphatic rings. The first-order valence-electron chi connectivity index (χ1n) is 5.07. The van der Waals surface area contributed by atoms with Gasteiger partial charge < -0.3 is 5.32 Å². The van der Waals surface area contributed by atoms with Gasteiger partial charge in [0.25, 0.3) is 0 Å². The van der Waals surface area contributed by atoms with Gasteiger partial charge in [0.1, 0.15) is 0 Å². The fourth-order valence-corrected chi connectivity index (χ4v) is 2.08. The number of pyridine rings is 1. The first-order valence-corrected chi connectivity index (χ1v) is 5.07. The lowest BCUT2D eigenvalue weighted by atomic mass is 10.1.